The molecule has 0 radical (unpaired) electrons. The fraction of sp³-hybridized carbons (Fsp3) is 0.143. The van der Waals surface area contributed by atoms with Crippen molar-refractivity contribution >= 4 is 34.7 Å². The van der Waals surface area contributed by atoms with E-state index < -0.39 is 5.97 Å². The van der Waals surface area contributed by atoms with Crippen LogP contribution in [-0.4, -0.2) is 29.3 Å². The molecular weight excluding hydrogens is 376 g/mol. The van der Waals surface area contributed by atoms with Crippen LogP contribution in [0.2, 0.25) is 0 Å². The molecule has 2 aromatic carbocycles. The average Bonchev–Trinajstić information content (AvgIpc) is 3.27. The minimum atomic E-state index is -0.566. The van der Waals surface area contributed by atoms with E-state index >= 15 is 0 Å². The van der Waals surface area contributed by atoms with Crippen LogP contribution in [0.3, 0.4) is 0 Å². The predicted molar refractivity (Wildman–Crippen MR) is 106 cm³/mol. The number of hydrogen-bond acceptors (Lipinski definition) is 6. The summed E-state index contributed by atoms with van der Waals surface area (Å²) in [5, 5.41) is 3.44. The lowest BCUT2D eigenvalue weighted by atomic mass is 10.1. The summed E-state index contributed by atoms with van der Waals surface area (Å²) in [4.78, 5) is 41.0. The molecule has 0 atom stereocenters. The highest BCUT2D eigenvalue weighted by Gasteiger charge is 2.21. The van der Waals surface area contributed by atoms with E-state index in [9.17, 15) is 14.4 Å². The van der Waals surface area contributed by atoms with Gasteiger partial charge in [0.15, 0.2) is 12.4 Å². The molecule has 1 aliphatic rings. The highest BCUT2D eigenvalue weighted by Crippen LogP contribution is 2.28. The van der Waals surface area contributed by atoms with Gasteiger partial charge in [-0.05, 0) is 30.7 Å². The third kappa shape index (κ3) is 3.57. The number of thiazole rings is 1. The SMILES string of the molecule is Cc1nc(-c2ccccc2)sc1C(=O)OCC(=O)c1ccc2c(c1)CC(=O)N2. The summed E-state index contributed by atoms with van der Waals surface area (Å²) in [7, 11) is 0. The van der Waals surface area contributed by atoms with Gasteiger partial charge in [0.1, 0.15) is 9.88 Å². The molecule has 3 aromatic rings. The monoisotopic (exact) mass is 392 g/mol. The van der Waals surface area contributed by atoms with E-state index in [1.807, 2.05) is 30.3 Å². The normalized spacial score (nSPS) is 12.4. The number of esters is 1. The van der Waals surface area contributed by atoms with Crippen molar-refractivity contribution < 1.29 is 19.1 Å². The van der Waals surface area contributed by atoms with Crippen LogP contribution >= 0.6 is 11.3 Å². The van der Waals surface area contributed by atoms with Crippen LogP contribution in [0.4, 0.5) is 5.69 Å². The molecule has 1 N–H and O–H groups in total. The van der Waals surface area contributed by atoms with Crippen molar-refractivity contribution in [2.75, 3.05) is 11.9 Å². The number of fused-ring (bicyclic) bond motifs is 1. The number of carbonyl (C=O) groups excluding carboxylic acids is 3. The molecule has 0 unspecified atom stereocenters. The average molecular weight is 392 g/mol. The van der Waals surface area contributed by atoms with Crippen molar-refractivity contribution in [3.8, 4) is 10.6 Å². The Morgan fingerprint density at radius 2 is 1.96 bits per heavy atom. The van der Waals surface area contributed by atoms with Gasteiger partial charge < -0.3 is 10.1 Å². The lowest BCUT2D eigenvalue weighted by Crippen LogP contribution is -2.14. The molecule has 7 heteroatoms. The first kappa shape index (κ1) is 18.1. The van der Waals surface area contributed by atoms with E-state index in [4.69, 9.17) is 4.74 Å². The summed E-state index contributed by atoms with van der Waals surface area (Å²) >= 11 is 1.24. The second kappa shape index (κ2) is 7.36. The maximum atomic E-state index is 12.4. The highest BCUT2D eigenvalue weighted by atomic mass is 32.1. The molecule has 0 aliphatic carbocycles. The minimum absolute atomic E-state index is 0.0964. The van der Waals surface area contributed by atoms with Gasteiger partial charge in [0.05, 0.1) is 12.1 Å². The Balaban J connectivity index is 1.44. The number of aryl methyl sites for hydroxylation is 1. The van der Waals surface area contributed by atoms with Crippen LogP contribution in [-0.2, 0) is 16.0 Å². The lowest BCUT2D eigenvalue weighted by molar-refractivity contribution is -0.115. The summed E-state index contributed by atoms with van der Waals surface area (Å²) in [5.74, 6) is -0.981. The summed E-state index contributed by atoms with van der Waals surface area (Å²) in [6.07, 6.45) is 0.249. The topological polar surface area (TPSA) is 85.4 Å². The Morgan fingerprint density at radius 1 is 1.18 bits per heavy atom. The maximum absolute atomic E-state index is 12.4. The zero-order valence-corrected chi connectivity index (χ0v) is 15.8. The smallest absolute Gasteiger partial charge is 0.350 e. The molecule has 4 rings (SSSR count). The molecule has 140 valence electrons. The zero-order chi connectivity index (χ0) is 19.7. The Hall–Kier alpha value is -3.32. The Bertz CT molecular complexity index is 1090. The molecule has 0 saturated carbocycles. The van der Waals surface area contributed by atoms with Crippen LogP contribution in [0.15, 0.2) is 48.5 Å². The molecule has 6 nitrogen and oxygen atoms in total. The van der Waals surface area contributed by atoms with Gasteiger partial charge >= 0.3 is 5.97 Å². The fourth-order valence-corrected chi connectivity index (χ4v) is 3.94. The molecular formula is C21H16N2O4S. The molecule has 0 spiro atoms. The van der Waals surface area contributed by atoms with Gasteiger partial charge in [-0.15, -0.1) is 11.3 Å². The van der Waals surface area contributed by atoms with Crippen LogP contribution in [0, 0.1) is 6.92 Å². The third-order valence-corrected chi connectivity index (χ3v) is 5.58. The summed E-state index contributed by atoms with van der Waals surface area (Å²) < 4.78 is 5.21. The molecule has 0 bridgehead atoms. The number of anilines is 1. The van der Waals surface area contributed by atoms with Gasteiger partial charge in [-0.3, -0.25) is 9.59 Å². The number of nitrogens with zero attached hydrogens (tertiary/aromatic N) is 1. The fourth-order valence-electron chi connectivity index (χ4n) is 2.97. The van der Waals surface area contributed by atoms with Gasteiger partial charge in [-0.1, -0.05) is 30.3 Å². The van der Waals surface area contributed by atoms with Crippen LogP contribution < -0.4 is 5.32 Å². The van der Waals surface area contributed by atoms with Gasteiger partial charge in [0.25, 0.3) is 0 Å². The second-order valence-corrected chi connectivity index (χ2v) is 7.39. The van der Waals surface area contributed by atoms with E-state index in [1.165, 1.54) is 11.3 Å². The number of ketones is 1. The molecule has 0 saturated heterocycles. The summed E-state index contributed by atoms with van der Waals surface area (Å²) in [5.41, 5.74) is 3.39. The molecule has 28 heavy (non-hydrogen) atoms. The number of hydrogen-bond donors (Lipinski definition) is 1. The third-order valence-electron chi connectivity index (χ3n) is 4.39. The molecule has 1 aliphatic heterocycles. The number of aromatic nitrogens is 1. The van der Waals surface area contributed by atoms with Crippen LogP contribution in [0.5, 0.6) is 0 Å². The largest absolute Gasteiger partial charge is 0.453 e. The molecule has 1 aromatic heterocycles. The summed E-state index contributed by atoms with van der Waals surface area (Å²) in [6.45, 7) is 1.38. The first-order valence-corrected chi connectivity index (χ1v) is 9.49. The predicted octanol–water partition coefficient (Wildman–Crippen LogP) is 3.65. The molecule has 2 heterocycles. The van der Waals surface area contributed by atoms with E-state index in [1.54, 1.807) is 25.1 Å². The number of amides is 1. The van der Waals surface area contributed by atoms with Crippen molar-refractivity contribution in [3.05, 3.63) is 70.2 Å². The van der Waals surface area contributed by atoms with Crippen molar-refractivity contribution in [2.45, 2.75) is 13.3 Å². The maximum Gasteiger partial charge on any atom is 0.350 e. The number of nitrogens with one attached hydrogen (secondary N) is 1. The number of ether oxygens (including phenoxy) is 1. The first-order valence-electron chi connectivity index (χ1n) is 8.67. The minimum Gasteiger partial charge on any atom is -0.453 e. The Labute approximate surface area is 165 Å². The highest BCUT2D eigenvalue weighted by molar-refractivity contribution is 7.17. The lowest BCUT2D eigenvalue weighted by Gasteiger charge is -2.05. The zero-order valence-electron chi connectivity index (χ0n) is 15.0. The first-order chi connectivity index (χ1) is 13.5. The van der Waals surface area contributed by atoms with Gasteiger partial charge in [-0.2, -0.15) is 0 Å². The van der Waals surface area contributed by atoms with Crippen LogP contribution in [0.1, 0.15) is 31.3 Å². The van der Waals surface area contributed by atoms with E-state index in [2.05, 4.69) is 10.3 Å². The van der Waals surface area contributed by atoms with Crippen molar-refractivity contribution in [1.82, 2.24) is 4.98 Å². The van der Waals surface area contributed by atoms with E-state index in [0.717, 1.165) is 16.1 Å². The quantitative estimate of drug-likeness (QED) is 0.529. The van der Waals surface area contributed by atoms with Crippen LogP contribution in [0.25, 0.3) is 10.6 Å². The standard InChI is InChI=1S/C21H16N2O4S/c1-12-19(28-20(22-12)13-5-3-2-4-6-13)21(26)27-11-17(24)14-7-8-16-15(9-14)10-18(25)23-16/h2-9H,10-11H2,1H3,(H,23,25). The van der Waals surface area contributed by atoms with Crippen molar-refractivity contribution in [1.29, 1.82) is 0 Å². The van der Waals surface area contributed by atoms with Gasteiger partial charge in [-0.25, -0.2) is 9.78 Å². The van der Waals surface area contributed by atoms with Gasteiger partial charge in [0.2, 0.25) is 5.91 Å². The van der Waals surface area contributed by atoms with E-state index in [-0.39, 0.29) is 24.7 Å². The number of rotatable bonds is 5. The Kier molecular flexibility index (Phi) is 4.75. The number of carbonyl (C=O) groups is 3. The molecule has 0 fully saturated rings. The number of benzene rings is 2. The number of Topliss-reactive ketones (excluding diaryl/α,β-unsaturated/α-hetero) is 1. The van der Waals surface area contributed by atoms with Gasteiger partial charge in [0, 0.05) is 16.8 Å². The Morgan fingerprint density at radius 3 is 2.75 bits per heavy atom. The van der Waals surface area contributed by atoms with Crippen molar-refractivity contribution in [3.63, 3.8) is 0 Å². The summed E-state index contributed by atoms with van der Waals surface area (Å²) in [6, 6.07) is 14.5. The second-order valence-electron chi connectivity index (χ2n) is 6.40. The van der Waals surface area contributed by atoms with E-state index in [0.29, 0.717) is 21.8 Å². The van der Waals surface area contributed by atoms with Crippen molar-refractivity contribution in [2.24, 2.45) is 0 Å². The molecule has 1 amide bonds.